The molecule has 102 valence electrons. The summed E-state index contributed by atoms with van der Waals surface area (Å²) in [7, 11) is 2.15. The third kappa shape index (κ3) is 3.47. The Balaban J connectivity index is 2.63. The summed E-state index contributed by atoms with van der Waals surface area (Å²) >= 11 is 0. The molecule has 0 aromatic carbocycles. The highest BCUT2D eigenvalue weighted by Gasteiger charge is 2.42. The lowest BCUT2D eigenvalue weighted by Gasteiger charge is -2.49. The third-order valence-corrected chi connectivity index (χ3v) is 5.45. The van der Waals surface area contributed by atoms with Crippen molar-refractivity contribution < 1.29 is 0 Å². The van der Waals surface area contributed by atoms with Gasteiger partial charge >= 0.3 is 0 Å². The smallest absolute Gasteiger partial charge is 0.0178 e. The van der Waals surface area contributed by atoms with E-state index in [0.717, 1.165) is 17.8 Å². The first-order valence-corrected chi connectivity index (χ1v) is 7.78. The van der Waals surface area contributed by atoms with Crippen molar-refractivity contribution in [3.05, 3.63) is 0 Å². The molecule has 0 aliphatic heterocycles. The average molecular weight is 239 g/mol. The average Bonchev–Trinajstić information content (AvgIpc) is 2.35. The van der Waals surface area contributed by atoms with Crippen LogP contribution in [0.5, 0.6) is 0 Å². The quantitative estimate of drug-likeness (QED) is 0.610. The van der Waals surface area contributed by atoms with E-state index in [0.29, 0.717) is 5.54 Å². The molecule has 1 rings (SSSR count). The van der Waals surface area contributed by atoms with Crippen LogP contribution in [0.1, 0.15) is 72.6 Å². The fourth-order valence-corrected chi connectivity index (χ4v) is 3.53. The Morgan fingerprint density at radius 2 is 1.94 bits per heavy atom. The lowest BCUT2D eigenvalue weighted by atomic mass is 9.60. The molecule has 0 amide bonds. The molecule has 0 aromatic rings. The highest BCUT2D eigenvalue weighted by molar-refractivity contribution is 4.96. The Morgan fingerprint density at radius 3 is 2.29 bits per heavy atom. The molecule has 1 N–H and O–H groups in total. The molecule has 0 aromatic heterocycles. The Kier molecular flexibility index (Phi) is 5.99. The predicted molar refractivity (Wildman–Crippen MR) is 77.3 cm³/mol. The van der Waals surface area contributed by atoms with Gasteiger partial charge in [-0.1, -0.05) is 46.5 Å². The first-order valence-electron chi connectivity index (χ1n) is 7.78. The van der Waals surface area contributed by atoms with Crippen LogP contribution in [0, 0.1) is 17.8 Å². The summed E-state index contributed by atoms with van der Waals surface area (Å²) < 4.78 is 0. The molecule has 4 atom stereocenters. The summed E-state index contributed by atoms with van der Waals surface area (Å²) in [5, 5.41) is 3.62. The minimum absolute atomic E-state index is 0.354. The third-order valence-electron chi connectivity index (χ3n) is 5.45. The Bertz CT molecular complexity index is 208. The summed E-state index contributed by atoms with van der Waals surface area (Å²) in [6.07, 6.45) is 9.77. The summed E-state index contributed by atoms with van der Waals surface area (Å²) in [5.41, 5.74) is 0.354. The first-order chi connectivity index (χ1) is 8.09. The van der Waals surface area contributed by atoms with E-state index in [4.69, 9.17) is 0 Å². The number of rotatable bonds is 8. The zero-order chi connectivity index (χ0) is 12.9. The standard InChI is InChI=1S/C16H33N/c1-6-8-9-10-15(14-12-11-13(14)3)16(4,7-2)17-5/h13-15,17H,6-12H2,1-5H3. The largest absolute Gasteiger partial charge is 0.314 e. The van der Waals surface area contributed by atoms with Crippen LogP contribution in [0.4, 0.5) is 0 Å². The van der Waals surface area contributed by atoms with Crippen molar-refractivity contribution in [2.45, 2.75) is 78.2 Å². The second-order valence-corrected chi connectivity index (χ2v) is 6.34. The fourth-order valence-electron chi connectivity index (χ4n) is 3.53. The molecular formula is C16H33N. The van der Waals surface area contributed by atoms with Gasteiger partial charge in [0.05, 0.1) is 0 Å². The number of unbranched alkanes of at least 4 members (excludes halogenated alkanes) is 2. The van der Waals surface area contributed by atoms with Crippen molar-refractivity contribution >= 4 is 0 Å². The van der Waals surface area contributed by atoms with E-state index in [9.17, 15) is 0 Å². The zero-order valence-corrected chi connectivity index (χ0v) is 12.7. The van der Waals surface area contributed by atoms with Gasteiger partial charge in [-0.05, 0) is 51.0 Å². The minimum atomic E-state index is 0.354. The molecule has 17 heavy (non-hydrogen) atoms. The molecule has 0 bridgehead atoms. The lowest BCUT2D eigenvalue weighted by molar-refractivity contribution is 0.0449. The van der Waals surface area contributed by atoms with Gasteiger partial charge in [-0.15, -0.1) is 0 Å². The van der Waals surface area contributed by atoms with E-state index >= 15 is 0 Å². The first kappa shape index (κ1) is 15.0. The predicted octanol–water partition coefficient (Wildman–Crippen LogP) is 4.62. The Morgan fingerprint density at radius 1 is 1.24 bits per heavy atom. The van der Waals surface area contributed by atoms with Crippen LogP contribution in [-0.2, 0) is 0 Å². The van der Waals surface area contributed by atoms with Crippen LogP contribution in [-0.4, -0.2) is 12.6 Å². The van der Waals surface area contributed by atoms with Crippen molar-refractivity contribution in [3.8, 4) is 0 Å². The van der Waals surface area contributed by atoms with Crippen molar-refractivity contribution in [2.24, 2.45) is 17.8 Å². The topological polar surface area (TPSA) is 12.0 Å². The molecule has 1 aliphatic rings. The molecule has 0 spiro atoms. The summed E-state index contributed by atoms with van der Waals surface area (Å²) in [6.45, 7) is 9.53. The molecule has 1 nitrogen and oxygen atoms in total. The summed E-state index contributed by atoms with van der Waals surface area (Å²) in [4.78, 5) is 0. The summed E-state index contributed by atoms with van der Waals surface area (Å²) in [5.74, 6) is 2.82. The zero-order valence-electron chi connectivity index (χ0n) is 12.7. The van der Waals surface area contributed by atoms with Crippen LogP contribution in [0.2, 0.25) is 0 Å². The van der Waals surface area contributed by atoms with Gasteiger partial charge < -0.3 is 5.32 Å². The second-order valence-electron chi connectivity index (χ2n) is 6.34. The van der Waals surface area contributed by atoms with Crippen LogP contribution in [0.15, 0.2) is 0 Å². The lowest BCUT2D eigenvalue weighted by Crippen LogP contribution is -2.52. The highest BCUT2D eigenvalue weighted by atomic mass is 14.9. The van der Waals surface area contributed by atoms with Gasteiger partial charge in [-0.25, -0.2) is 0 Å². The molecule has 0 radical (unpaired) electrons. The van der Waals surface area contributed by atoms with Crippen molar-refractivity contribution in [1.82, 2.24) is 5.32 Å². The Labute approximate surface area is 109 Å². The molecule has 1 fully saturated rings. The van der Waals surface area contributed by atoms with Gasteiger partial charge in [0, 0.05) is 5.54 Å². The van der Waals surface area contributed by atoms with Crippen LogP contribution >= 0.6 is 0 Å². The highest BCUT2D eigenvalue weighted by Crippen LogP contribution is 2.46. The van der Waals surface area contributed by atoms with Gasteiger partial charge in [-0.2, -0.15) is 0 Å². The Hall–Kier alpha value is -0.0400. The monoisotopic (exact) mass is 239 g/mol. The maximum absolute atomic E-state index is 3.62. The normalized spacial score (nSPS) is 29.5. The molecule has 1 heteroatoms. The van der Waals surface area contributed by atoms with E-state index in [1.54, 1.807) is 0 Å². The molecule has 0 heterocycles. The van der Waals surface area contributed by atoms with Gasteiger partial charge in [0.15, 0.2) is 0 Å². The maximum atomic E-state index is 3.62. The number of nitrogens with one attached hydrogen (secondary N) is 1. The molecule has 4 unspecified atom stereocenters. The van der Waals surface area contributed by atoms with E-state index in [1.807, 2.05) is 0 Å². The van der Waals surface area contributed by atoms with Crippen LogP contribution < -0.4 is 5.32 Å². The van der Waals surface area contributed by atoms with Crippen LogP contribution in [0.25, 0.3) is 0 Å². The van der Waals surface area contributed by atoms with Gasteiger partial charge in [-0.3, -0.25) is 0 Å². The SMILES string of the molecule is CCCCCC(C1CCC1C)C(C)(CC)NC. The van der Waals surface area contributed by atoms with Crippen molar-refractivity contribution in [2.75, 3.05) is 7.05 Å². The number of hydrogen-bond donors (Lipinski definition) is 1. The van der Waals surface area contributed by atoms with E-state index in [2.05, 4.69) is 40.1 Å². The molecule has 0 saturated heterocycles. The fraction of sp³-hybridized carbons (Fsp3) is 1.00. The van der Waals surface area contributed by atoms with Gasteiger partial charge in [0.2, 0.25) is 0 Å². The van der Waals surface area contributed by atoms with Crippen molar-refractivity contribution in [1.29, 1.82) is 0 Å². The maximum Gasteiger partial charge on any atom is 0.0178 e. The van der Waals surface area contributed by atoms with E-state index in [-0.39, 0.29) is 0 Å². The van der Waals surface area contributed by atoms with Gasteiger partial charge in [0.1, 0.15) is 0 Å². The molecular weight excluding hydrogens is 206 g/mol. The minimum Gasteiger partial charge on any atom is -0.314 e. The number of hydrogen-bond acceptors (Lipinski definition) is 1. The van der Waals surface area contributed by atoms with Crippen LogP contribution in [0.3, 0.4) is 0 Å². The summed E-state index contributed by atoms with van der Waals surface area (Å²) in [6, 6.07) is 0. The van der Waals surface area contributed by atoms with Crippen molar-refractivity contribution in [3.63, 3.8) is 0 Å². The van der Waals surface area contributed by atoms with E-state index in [1.165, 1.54) is 44.9 Å². The molecule has 1 saturated carbocycles. The van der Waals surface area contributed by atoms with E-state index < -0.39 is 0 Å². The molecule has 1 aliphatic carbocycles. The van der Waals surface area contributed by atoms with Gasteiger partial charge in [0.25, 0.3) is 0 Å². The second kappa shape index (κ2) is 6.78.